The van der Waals surface area contributed by atoms with Crippen LogP contribution >= 0.6 is 0 Å². The van der Waals surface area contributed by atoms with Gasteiger partial charge in [-0.05, 0) is 36.4 Å². The maximum Gasteiger partial charge on any atom is 0.196 e. The van der Waals surface area contributed by atoms with E-state index < -0.39 is 5.82 Å². The molecule has 0 unspecified atom stereocenters. The molecule has 0 saturated heterocycles. The van der Waals surface area contributed by atoms with Crippen LogP contribution in [0, 0.1) is 5.82 Å². The molecule has 2 N–H and O–H groups in total. The first-order valence-electron chi connectivity index (χ1n) is 7.28. The van der Waals surface area contributed by atoms with Gasteiger partial charge in [0.25, 0.3) is 0 Å². The quantitative estimate of drug-likeness (QED) is 0.726. The minimum absolute atomic E-state index is 0.133. The Kier molecular flexibility index (Phi) is 3.88. The van der Waals surface area contributed by atoms with Gasteiger partial charge < -0.3 is 14.4 Å². The predicted octanol–water partition coefficient (Wildman–Crippen LogP) is 2.15. The van der Waals surface area contributed by atoms with Crippen LogP contribution in [-0.4, -0.2) is 25.0 Å². The van der Waals surface area contributed by atoms with E-state index in [1.54, 1.807) is 12.1 Å². The van der Waals surface area contributed by atoms with Gasteiger partial charge in [-0.3, -0.25) is 4.79 Å². The molecule has 0 saturated carbocycles. The number of carbonyl (C=O) groups is 1. The molecule has 2 aromatic carbocycles. The van der Waals surface area contributed by atoms with Crippen LogP contribution in [0.5, 0.6) is 5.75 Å². The Hall–Kier alpha value is -2.66. The molecule has 1 aromatic heterocycles. The van der Waals surface area contributed by atoms with Gasteiger partial charge in [0.05, 0.1) is 25.2 Å². The number of quaternary nitrogens is 1. The number of ketones is 1. The lowest BCUT2D eigenvalue weighted by molar-refractivity contribution is -0.872. The second kappa shape index (κ2) is 5.85. The molecule has 0 aliphatic rings. The number of fused-ring (bicyclic) bond motifs is 1. The first kappa shape index (κ1) is 15.2. The minimum atomic E-state index is -0.395. The summed E-state index contributed by atoms with van der Waals surface area (Å²) in [5.74, 6) is -0.522. The third-order valence-corrected chi connectivity index (χ3v) is 3.70. The first-order chi connectivity index (χ1) is 11.0. The summed E-state index contributed by atoms with van der Waals surface area (Å²) in [5.41, 5.74) is 1.96. The molecule has 1 heterocycles. The van der Waals surface area contributed by atoms with Crippen molar-refractivity contribution < 1.29 is 23.6 Å². The summed E-state index contributed by atoms with van der Waals surface area (Å²) in [6.07, 6.45) is 1.39. The highest BCUT2D eigenvalue weighted by Crippen LogP contribution is 2.32. The van der Waals surface area contributed by atoms with Gasteiger partial charge in [0.15, 0.2) is 5.78 Å². The number of nitrogens with one attached hydrogen (secondary N) is 1. The summed E-state index contributed by atoms with van der Waals surface area (Å²) >= 11 is 0. The largest absolute Gasteiger partial charge is 0.507 e. The molecule has 0 radical (unpaired) electrons. The molecule has 23 heavy (non-hydrogen) atoms. The molecule has 0 atom stereocenters. The molecule has 0 bridgehead atoms. The molecule has 0 spiro atoms. The van der Waals surface area contributed by atoms with E-state index in [0.29, 0.717) is 34.2 Å². The maximum absolute atomic E-state index is 13.0. The number of rotatable bonds is 4. The third-order valence-electron chi connectivity index (χ3n) is 3.70. The third kappa shape index (κ3) is 2.83. The van der Waals surface area contributed by atoms with Gasteiger partial charge >= 0.3 is 0 Å². The van der Waals surface area contributed by atoms with Crippen molar-refractivity contribution in [3.05, 3.63) is 65.2 Å². The number of aromatic hydroxyl groups is 1. The lowest BCUT2D eigenvalue weighted by Gasteiger charge is -2.11. The molecule has 118 valence electrons. The van der Waals surface area contributed by atoms with E-state index in [0.717, 1.165) is 4.90 Å². The van der Waals surface area contributed by atoms with Crippen LogP contribution in [0.4, 0.5) is 4.39 Å². The van der Waals surface area contributed by atoms with Crippen molar-refractivity contribution in [2.24, 2.45) is 0 Å². The summed E-state index contributed by atoms with van der Waals surface area (Å²) in [7, 11) is 3.92. The minimum Gasteiger partial charge on any atom is -0.507 e. The van der Waals surface area contributed by atoms with E-state index in [4.69, 9.17) is 4.42 Å². The lowest BCUT2D eigenvalue weighted by Crippen LogP contribution is -3.04. The summed E-state index contributed by atoms with van der Waals surface area (Å²) in [6, 6.07) is 8.58. The van der Waals surface area contributed by atoms with Crippen molar-refractivity contribution in [2.75, 3.05) is 14.1 Å². The Morgan fingerprint density at radius 1 is 1.17 bits per heavy atom. The lowest BCUT2D eigenvalue weighted by atomic mass is 9.98. The number of phenolic OH excluding ortho intramolecular Hbond substituents is 1. The number of furan rings is 1. The molecule has 3 aromatic rings. The molecule has 0 aliphatic heterocycles. The van der Waals surface area contributed by atoms with Crippen LogP contribution in [0.1, 0.15) is 21.5 Å². The monoisotopic (exact) mass is 314 g/mol. The second-order valence-electron chi connectivity index (χ2n) is 5.81. The SMILES string of the molecule is C[NH+](C)Cc1c(O)ccc2occ(C(=O)c3ccc(F)cc3)c12. The van der Waals surface area contributed by atoms with Crippen LogP contribution in [-0.2, 0) is 6.54 Å². The van der Waals surface area contributed by atoms with Crippen molar-refractivity contribution in [1.82, 2.24) is 0 Å². The zero-order valence-corrected chi connectivity index (χ0v) is 12.9. The van der Waals surface area contributed by atoms with Gasteiger partial charge in [0.2, 0.25) is 0 Å². The van der Waals surface area contributed by atoms with Crippen molar-refractivity contribution in [2.45, 2.75) is 6.54 Å². The van der Waals surface area contributed by atoms with Crippen LogP contribution in [0.2, 0.25) is 0 Å². The summed E-state index contributed by atoms with van der Waals surface area (Å²) < 4.78 is 18.5. The van der Waals surface area contributed by atoms with Crippen molar-refractivity contribution in [3.8, 4) is 5.75 Å². The average Bonchev–Trinajstić information content (AvgIpc) is 2.94. The smallest absolute Gasteiger partial charge is 0.196 e. The Bertz CT molecular complexity index is 866. The van der Waals surface area contributed by atoms with E-state index >= 15 is 0 Å². The highest BCUT2D eigenvalue weighted by Gasteiger charge is 2.21. The fourth-order valence-corrected chi connectivity index (χ4v) is 2.65. The number of halogens is 1. The van der Waals surface area contributed by atoms with Crippen molar-refractivity contribution in [1.29, 1.82) is 0 Å². The molecule has 4 nitrogen and oxygen atoms in total. The number of benzene rings is 2. The number of hydrogen-bond acceptors (Lipinski definition) is 3. The molecule has 5 heteroatoms. The van der Waals surface area contributed by atoms with E-state index in [-0.39, 0.29) is 11.5 Å². The number of phenols is 1. The van der Waals surface area contributed by atoms with E-state index in [1.165, 1.54) is 30.5 Å². The molecular formula is C18H17FNO3+. The fraction of sp³-hybridized carbons (Fsp3) is 0.167. The normalized spacial score (nSPS) is 11.3. The van der Waals surface area contributed by atoms with Crippen molar-refractivity contribution in [3.63, 3.8) is 0 Å². The molecule has 0 amide bonds. The second-order valence-corrected chi connectivity index (χ2v) is 5.81. The standard InChI is InChI=1S/C18H16FNO3/c1-20(2)9-13-15(21)7-8-16-17(13)14(10-23-16)18(22)11-3-5-12(19)6-4-11/h3-8,10,21H,9H2,1-2H3/p+1. The average molecular weight is 314 g/mol. The zero-order chi connectivity index (χ0) is 16.6. The topological polar surface area (TPSA) is 54.9 Å². The predicted molar refractivity (Wildman–Crippen MR) is 84.2 cm³/mol. The zero-order valence-electron chi connectivity index (χ0n) is 12.9. The number of hydrogen-bond donors (Lipinski definition) is 2. The summed E-state index contributed by atoms with van der Waals surface area (Å²) in [5, 5.41) is 10.8. The van der Waals surface area contributed by atoms with Crippen LogP contribution < -0.4 is 4.90 Å². The highest BCUT2D eigenvalue weighted by atomic mass is 19.1. The first-order valence-corrected chi connectivity index (χ1v) is 7.28. The Morgan fingerprint density at radius 2 is 1.87 bits per heavy atom. The Labute approximate surface area is 132 Å². The molecule has 3 rings (SSSR count). The fourth-order valence-electron chi connectivity index (χ4n) is 2.65. The number of carbonyl (C=O) groups excluding carboxylic acids is 1. The summed E-state index contributed by atoms with van der Waals surface area (Å²) in [4.78, 5) is 13.8. The van der Waals surface area contributed by atoms with E-state index in [2.05, 4.69) is 0 Å². The van der Waals surface area contributed by atoms with E-state index in [9.17, 15) is 14.3 Å². The van der Waals surface area contributed by atoms with Crippen molar-refractivity contribution >= 4 is 16.8 Å². The highest BCUT2D eigenvalue weighted by molar-refractivity contribution is 6.16. The van der Waals surface area contributed by atoms with Gasteiger partial charge in [-0.25, -0.2) is 4.39 Å². The van der Waals surface area contributed by atoms with E-state index in [1.807, 2.05) is 14.1 Å². The Balaban J connectivity index is 2.16. The van der Waals surface area contributed by atoms with Gasteiger partial charge in [-0.15, -0.1) is 0 Å². The summed E-state index contributed by atoms with van der Waals surface area (Å²) in [6.45, 7) is 0.548. The van der Waals surface area contributed by atoms with Gasteiger partial charge in [0, 0.05) is 10.9 Å². The molecule has 0 aliphatic carbocycles. The Morgan fingerprint density at radius 3 is 2.52 bits per heavy atom. The van der Waals surface area contributed by atoms with Gasteiger partial charge in [-0.2, -0.15) is 0 Å². The molecular weight excluding hydrogens is 297 g/mol. The van der Waals surface area contributed by atoms with Crippen LogP contribution in [0.15, 0.2) is 47.1 Å². The van der Waals surface area contributed by atoms with Crippen LogP contribution in [0.3, 0.4) is 0 Å². The molecule has 0 fully saturated rings. The van der Waals surface area contributed by atoms with Crippen LogP contribution in [0.25, 0.3) is 11.0 Å². The van der Waals surface area contributed by atoms with Gasteiger partial charge in [0.1, 0.15) is 30.0 Å². The maximum atomic E-state index is 13.0. The van der Waals surface area contributed by atoms with Gasteiger partial charge in [-0.1, -0.05) is 0 Å².